The summed E-state index contributed by atoms with van der Waals surface area (Å²) in [5.74, 6) is 0. The molecular weight excluding hydrogens is 304 g/mol. The van der Waals surface area contributed by atoms with Crippen LogP contribution in [-0.4, -0.2) is 52.0 Å². The molecule has 0 aromatic heterocycles. The molecule has 0 atom stereocenters. The molecule has 112 valence electrons. The summed E-state index contributed by atoms with van der Waals surface area (Å²) in [6, 6.07) is 4.95. The highest BCUT2D eigenvalue weighted by Gasteiger charge is 2.43. The van der Waals surface area contributed by atoms with Crippen molar-refractivity contribution in [3.8, 4) is 0 Å². The van der Waals surface area contributed by atoms with Crippen molar-refractivity contribution in [1.82, 2.24) is 9.03 Å². The molecule has 0 unspecified atom stereocenters. The molecule has 1 aromatic carbocycles. The number of nitrogens with zero attached hydrogens (tertiary/aromatic N) is 1. The lowest BCUT2D eigenvalue weighted by Crippen LogP contribution is -2.61. The number of benzene rings is 1. The van der Waals surface area contributed by atoms with Crippen molar-refractivity contribution in [2.24, 2.45) is 0 Å². The van der Waals surface area contributed by atoms with E-state index in [9.17, 15) is 21.9 Å². The fraction of sp³-hybridized carbons (Fsp3) is 0.455. The first-order valence-electron chi connectivity index (χ1n) is 5.85. The van der Waals surface area contributed by atoms with E-state index in [1.807, 2.05) is 0 Å². The molecule has 1 aromatic rings. The number of rotatable bonds is 4. The standard InChI is InChI=1S/C11H16N2O5S2/c1-11(14)7-13(8-11)20(17,18)10-5-3-9(4-6-10)19(15,16)12-2/h3-6,12,14H,7-8H2,1-2H3. The minimum atomic E-state index is -3.68. The van der Waals surface area contributed by atoms with Crippen molar-refractivity contribution >= 4 is 20.0 Å². The van der Waals surface area contributed by atoms with Crippen molar-refractivity contribution in [2.75, 3.05) is 20.1 Å². The highest BCUT2D eigenvalue weighted by molar-refractivity contribution is 7.89. The van der Waals surface area contributed by atoms with Crippen LogP contribution in [-0.2, 0) is 20.0 Å². The van der Waals surface area contributed by atoms with Crippen LogP contribution in [0.3, 0.4) is 0 Å². The zero-order valence-electron chi connectivity index (χ0n) is 11.1. The summed E-state index contributed by atoms with van der Waals surface area (Å²) < 4.78 is 50.8. The first-order chi connectivity index (χ1) is 9.08. The lowest BCUT2D eigenvalue weighted by Gasteiger charge is -2.42. The normalized spacial score (nSPS) is 19.6. The Labute approximate surface area is 118 Å². The van der Waals surface area contributed by atoms with E-state index in [1.54, 1.807) is 6.92 Å². The van der Waals surface area contributed by atoms with Crippen molar-refractivity contribution < 1.29 is 21.9 Å². The minimum Gasteiger partial charge on any atom is -0.387 e. The zero-order valence-corrected chi connectivity index (χ0v) is 12.7. The average Bonchev–Trinajstić information content (AvgIpc) is 2.36. The van der Waals surface area contributed by atoms with Crippen LogP contribution >= 0.6 is 0 Å². The second-order valence-electron chi connectivity index (χ2n) is 4.95. The van der Waals surface area contributed by atoms with Gasteiger partial charge in [-0.15, -0.1) is 0 Å². The summed E-state index contributed by atoms with van der Waals surface area (Å²) >= 11 is 0. The molecule has 1 saturated heterocycles. The second-order valence-corrected chi connectivity index (χ2v) is 8.77. The third kappa shape index (κ3) is 2.72. The fourth-order valence-electron chi connectivity index (χ4n) is 1.94. The van der Waals surface area contributed by atoms with Gasteiger partial charge in [-0.25, -0.2) is 21.6 Å². The molecule has 2 N–H and O–H groups in total. The van der Waals surface area contributed by atoms with Crippen LogP contribution in [0.15, 0.2) is 34.1 Å². The van der Waals surface area contributed by atoms with Crippen LogP contribution in [0.2, 0.25) is 0 Å². The molecule has 1 aliphatic rings. The van der Waals surface area contributed by atoms with E-state index in [0.717, 1.165) is 4.31 Å². The molecule has 0 saturated carbocycles. The van der Waals surface area contributed by atoms with Crippen LogP contribution in [0, 0.1) is 0 Å². The van der Waals surface area contributed by atoms with E-state index in [2.05, 4.69) is 4.72 Å². The number of aliphatic hydroxyl groups is 1. The Balaban J connectivity index is 2.27. The van der Waals surface area contributed by atoms with Crippen molar-refractivity contribution in [3.05, 3.63) is 24.3 Å². The smallest absolute Gasteiger partial charge is 0.243 e. The third-order valence-electron chi connectivity index (χ3n) is 3.07. The lowest BCUT2D eigenvalue weighted by molar-refractivity contribution is -0.0426. The van der Waals surface area contributed by atoms with Crippen LogP contribution in [0.4, 0.5) is 0 Å². The fourth-order valence-corrected chi connectivity index (χ4v) is 4.35. The Morgan fingerprint density at radius 1 is 1.10 bits per heavy atom. The van der Waals surface area contributed by atoms with Crippen LogP contribution < -0.4 is 4.72 Å². The highest BCUT2D eigenvalue weighted by Crippen LogP contribution is 2.28. The molecule has 0 spiro atoms. The molecule has 0 aliphatic carbocycles. The number of sulfonamides is 2. The Hall–Kier alpha value is -1.00. The number of β-amino-alcohol motifs (C(OH)–C–C–N with tert-alkyl or cyclic N) is 1. The van der Waals surface area contributed by atoms with Crippen LogP contribution in [0.25, 0.3) is 0 Å². The van der Waals surface area contributed by atoms with Gasteiger partial charge in [0, 0.05) is 13.1 Å². The van der Waals surface area contributed by atoms with E-state index < -0.39 is 25.6 Å². The van der Waals surface area contributed by atoms with Gasteiger partial charge in [-0.05, 0) is 38.2 Å². The first-order valence-corrected chi connectivity index (χ1v) is 8.77. The number of hydrogen-bond acceptors (Lipinski definition) is 5. The SMILES string of the molecule is CNS(=O)(=O)c1ccc(S(=O)(=O)N2CC(C)(O)C2)cc1. The predicted octanol–water partition coefficient (Wildman–Crippen LogP) is -0.650. The Morgan fingerprint density at radius 3 is 1.95 bits per heavy atom. The van der Waals surface area contributed by atoms with Gasteiger partial charge in [0.05, 0.1) is 15.4 Å². The molecule has 2 rings (SSSR count). The summed E-state index contributed by atoms with van der Waals surface area (Å²) in [6.45, 7) is 1.62. The molecule has 7 nitrogen and oxygen atoms in total. The Kier molecular flexibility index (Phi) is 3.68. The zero-order chi connectivity index (χ0) is 15.2. The molecule has 0 bridgehead atoms. The van der Waals surface area contributed by atoms with E-state index >= 15 is 0 Å². The molecule has 1 fully saturated rings. The van der Waals surface area contributed by atoms with Gasteiger partial charge in [-0.1, -0.05) is 0 Å². The summed E-state index contributed by atoms with van der Waals surface area (Å²) in [7, 11) is -5.99. The summed E-state index contributed by atoms with van der Waals surface area (Å²) in [5.41, 5.74) is -0.998. The average molecular weight is 320 g/mol. The number of nitrogens with one attached hydrogen (secondary N) is 1. The summed E-state index contributed by atoms with van der Waals surface area (Å²) in [4.78, 5) is -0.00221. The van der Waals surface area contributed by atoms with Crippen molar-refractivity contribution in [1.29, 1.82) is 0 Å². The van der Waals surface area contributed by atoms with Crippen molar-refractivity contribution in [2.45, 2.75) is 22.3 Å². The minimum absolute atomic E-state index is 0.00283. The topological polar surface area (TPSA) is 104 Å². The van der Waals surface area contributed by atoms with E-state index in [1.165, 1.54) is 31.3 Å². The van der Waals surface area contributed by atoms with Gasteiger partial charge >= 0.3 is 0 Å². The quantitative estimate of drug-likeness (QED) is 0.767. The second kappa shape index (κ2) is 4.78. The molecule has 1 aliphatic heterocycles. The van der Waals surface area contributed by atoms with Crippen LogP contribution in [0.1, 0.15) is 6.92 Å². The van der Waals surface area contributed by atoms with Gasteiger partial charge in [0.15, 0.2) is 0 Å². The number of hydrogen-bond donors (Lipinski definition) is 2. The first kappa shape index (κ1) is 15.4. The molecule has 9 heteroatoms. The maximum Gasteiger partial charge on any atom is 0.243 e. The maximum atomic E-state index is 12.2. The highest BCUT2D eigenvalue weighted by atomic mass is 32.2. The van der Waals surface area contributed by atoms with Crippen molar-refractivity contribution in [3.63, 3.8) is 0 Å². The van der Waals surface area contributed by atoms with E-state index in [4.69, 9.17) is 0 Å². The van der Waals surface area contributed by atoms with Gasteiger partial charge < -0.3 is 5.11 Å². The predicted molar refractivity (Wildman–Crippen MR) is 72.1 cm³/mol. The summed E-state index contributed by atoms with van der Waals surface area (Å²) in [5, 5.41) is 9.58. The molecule has 1 heterocycles. The Bertz CT molecular complexity index is 700. The Morgan fingerprint density at radius 2 is 1.55 bits per heavy atom. The summed E-state index contributed by atoms with van der Waals surface area (Å²) in [6.07, 6.45) is 0. The molecule has 20 heavy (non-hydrogen) atoms. The van der Waals surface area contributed by atoms with Gasteiger partial charge in [0.2, 0.25) is 20.0 Å². The molecule has 0 amide bonds. The van der Waals surface area contributed by atoms with Gasteiger partial charge in [-0.2, -0.15) is 4.31 Å². The van der Waals surface area contributed by atoms with Gasteiger partial charge in [0.25, 0.3) is 0 Å². The lowest BCUT2D eigenvalue weighted by atomic mass is 10.0. The van der Waals surface area contributed by atoms with E-state index in [-0.39, 0.29) is 22.9 Å². The monoisotopic (exact) mass is 320 g/mol. The van der Waals surface area contributed by atoms with E-state index in [0.29, 0.717) is 0 Å². The van der Waals surface area contributed by atoms with Crippen LogP contribution in [0.5, 0.6) is 0 Å². The van der Waals surface area contributed by atoms with Gasteiger partial charge in [-0.3, -0.25) is 0 Å². The largest absolute Gasteiger partial charge is 0.387 e. The van der Waals surface area contributed by atoms with Gasteiger partial charge in [0.1, 0.15) is 0 Å². The molecule has 0 radical (unpaired) electrons. The maximum absolute atomic E-state index is 12.2. The third-order valence-corrected chi connectivity index (χ3v) is 6.31. The molecular formula is C11H16N2O5S2.